The van der Waals surface area contributed by atoms with E-state index < -0.39 is 6.04 Å². The van der Waals surface area contributed by atoms with Crippen LogP contribution in [0.2, 0.25) is 5.02 Å². The van der Waals surface area contributed by atoms with Gasteiger partial charge in [-0.25, -0.2) is 4.57 Å². The molecule has 0 radical (unpaired) electrons. The van der Waals surface area contributed by atoms with Gasteiger partial charge in [-0.1, -0.05) is 47.6 Å². The molecule has 1 aromatic heterocycles. The number of nitrogens with one attached hydrogen (secondary N) is 1. The van der Waals surface area contributed by atoms with Gasteiger partial charge in [0, 0.05) is 12.5 Å². The first-order valence-electron chi connectivity index (χ1n) is 8.82. The van der Waals surface area contributed by atoms with Crippen LogP contribution in [0.4, 0.5) is 0 Å². The van der Waals surface area contributed by atoms with Gasteiger partial charge in [0.1, 0.15) is 11.8 Å². The number of aromatic nitrogens is 3. The summed E-state index contributed by atoms with van der Waals surface area (Å²) in [5.41, 5.74) is 1.47. The molecule has 0 saturated carbocycles. The van der Waals surface area contributed by atoms with E-state index in [-0.39, 0.29) is 17.1 Å². The SMILES string of the molecule is COc1ccc([C@H]2Sc3nnc(-c4ccccc4Cl)n3C(=O)[C@H]2NC(C)=O)cc1. The Labute approximate surface area is 176 Å². The van der Waals surface area contributed by atoms with E-state index in [4.69, 9.17) is 16.3 Å². The average Bonchev–Trinajstić information content (AvgIpc) is 3.14. The Morgan fingerprint density at radius 1 is 1.17 bits per heavy atom. The number of ether oxygens (including phenoxy) is 1. The van der Waals surface area contributed by atoms with Crippen molar-refractivity contribution in [3.63, 3.8) is 0 Å². The fourth-order valence-electron chi connectivity index (χ4n) is 3.22. The van der Waals surface area contributed by atoms with Crippen LogP contribution in [-0.2, 0) is 4.79 Å². The lowest BCUT2D eigenvalue weighted by Crippen LogP contribution is -2.48. The van der Waals surface area contributed by atoms with Crippen molar-refractivity contribution in [2.75, 3.05) is 7.11 Å². The predicted molar refractivity (Wildman–Crippen MR) is 110 cm³/mol. The lowest BCUT2D eigenvalue weighted by Gasteiger charge is -2.31. The number of hydrogen-bond acceptors (Lipinski definition) is 6. The van der Waals surface area contributed by atoms with Gasteiger partial charge in [0.2, 0.25) is 5.91 Å². The molecule has 1 aliphatic heterocycles. The monoisotopic (exact) mass is 428 g/mol. The summed E-state index contributed by atoms with van der Waals surface area (Å²) in [7, 11) is 1.59. The summed E-state index contributed by atoms with van der Waals surface area (Å²) < 4.78 is 6.63. The Bertz CT molecular complexity index is 1080. The standard InChI is InChI=1S/C20H17ClN4O3S/c1-11(26)22-16-17(12-7-9-13(28-2)10-8-12)29-20-24-23-18(25(20)19(16)27)14-5-3-4-6-15(14)21/h3-10,16-17H,1-2H3,(H,22,26)/t16-,17+/m0/s1. The van der Waals surface area contributed by atoms with Crippen molar-refractivity contribution in [1.29, 1.82) is 0 Å². The van der Waals surface area contributed by atoms with Crippen molar-refractivity contribution in [2.45, 2.75) is 23.4 Å². The first kappa shape index (κ1) is 19.5. The highest BCUT2D eigenvalue weighted by Crippen LogP contribution is 2.43. The maximum absolute atomic E-state index is 13.4. The minimum absolute atomic E-state index is 0.293. The number of carbonyl (C=O) groups is 2. The molecule has 148 valence electrons. The second-order valence-corrected chi connectivity index (χ2v) is 7.97. The van der Waals surface area contributed by atoms with Gasteiger partial charge in [0.05, 0.1) is 17.4 Å². The number of benzene rings is 2. The van der Waals surface area contributed by atoms with Gasteiger partial charge >= 0.3 is 0 Å². The Balaban J connectivity index is 1.79. The number of methoxy groups -OCH3 is 1. The second kappa shape index (κ2) is 7.88. The molecule has 4 rings (SSSR count). The molecule has 29 heavy (non-hydrogen) atoms. The van der Waals surface area contributed by atoms with E-state index >= 15 is 0 Å². The van der Waals surface area contributed by atoms with E-state index in [0.29, 0.717) is 27.3 Å². The number of rotatable bonds is 4. The number of amides is 1. The molecule has 1 amide bonds. The fraction of sp³-hybridized carbons (Fsp3) is 0.200. The Hall–Kier alpha value is -2.84. The van der Waals surface area contributed by atoms with Gasteiger partial charge in [0.25, 0.3) is 5.91 Å². The Morgan fingerprint density at radius 2 is 1.90 bits per heavy atom. The highest BCUT2D eigenvalue weighted by atomic mass is 35.5. The summed E-state index contributed by atoms with van der Waals surface area (Å²) in [6.07, 6.45) is 0. The minimum atomic E-state index is -0.782. The number of hydrogen-bond donors (Lipinski definition) is 1. The molecule has 9 heteroatoms. The maximum atomic E-state index is 13.4. The lowest BCUT2D eigenvalue weighted by molar-refractivity contribution is -0.119. The molecule has 2 aromatic carbocycles. The van der Waals surface area contributed by atoms with Gasteiger partial charge in [-0.15, -0.1) is 10.2 Å². The molecule has 2 atom stereocenters. The molecule has 0 unspecified atom stereocenters. The number of thioether (sulfide) groups is 1. The zero-order chi connectivity index (χ0) is 20.5. The summed E-state index contributed by atoms with van der Waals surface area (Å²) >= 11 is 7.67. The third kappa shape index (κ3) is 3.61. The van der Waals surface area contributed by atoms with E-state index in [9.17, 15) is 9.59 Å². The third-order valence-electron chi connectivity index (χ3n) is 4.57. The first-order valence-corrected chi connectivity index (χ1v) is 10.1. The molecule has 0 bridgehead atoms. The van der Waals surface area contributed by atoms with Crippen LogP contribution in [0.3, 0.4) is 0 Å². The van der Waals surface area contributed by atoms with Crippen molar-refractivity contribution >= 4 is 35.2 Å². The van der Waals surface area contributed by atoms with Crippen LogP contribution in [0.25, 0.3) is 11.4 Å². The van der Waals surface area contributed by atoms with Gasteiger partial charge < -0.3 is 10.1 Å². The summed E-state index contributed by atoms with van der Waals surface area (Å²) in [4.78, 5) is 25.3. The molecular weight excluding hydrogens is 412 g/mol. The Morgan fingerprint density at radius 3 is 2.55 bits per heavy atom. The first-order chi connectivity index (χ1) is 14.0. The molecule has 1 aliphatic rings. The number of carbonyl (C=O) groups excluding carboxylic acids is 2. The van der Waals surface area contributed by atoms with Crippen molar-refractivity contribution in [3.05, 3.63) is 59.1 Å². The van der Waals surface area contributed by atoms with Crippen LogP contribution in [0.15, 0.2) is 53.7 Å². The van der Waals surface area contributed by atoms with Crippen LogP contribution in [0.1, 0.15) is 22.5 Å². The topological polar surface area (TPSA) is 86.1 Å². The summed E-state index contributed by atoms with van der Waals surface area (Å²) in [5.74, 6) is 0.459. The molecular formula is C20H17ClN4O3S. The molecule has 3 aromatic rings. The third-order valence-corrected chi connectivity index (χ3v) is 6.18. The zero-order valence-electron chi connectivity index (χ0n) is 15.6. The minimum Gasteiger partial charge on any atom is -0.497 e. The van der Waals surface area contributed by atoms with Crippen LogP contribution >= 0.6 is 23.4 Å². The van der Waals surface area contributed by atoms with Gasteiger partial charge in [-0.3, -0.25) is 9.59 Å². The van der Waals surface area contributed by atoms with Crippen LogP contribution < -0.4 is 10.1 Å². The lowest BCUT2D eigenvalue weighted by atomic mass is 10.0. The molecule has 0 saturated heterocycles. The van der Waals surface area contributed by atoms with E-state index in [1.165, 1.54) is 23.3 Å². The van der Waals surface area contributed by atoms with E-state index in [1.807, 2.05) is 30.3 Å². The Kier molecular flexibility index (Phi) is 5.29. The molecule has 0 spiro atoms. The molecule has 2 heterocycles. The van der Waals surface area contributed by atoms with Crippen molar-refractivity contribution in [1.82, 2.24) is 20.1 Å². The van der Waals surface area contributed by atoms with Crippen molar-refractivity contribution in [2.24, 2.45) is 0 Å². The van der Waals surface area contributed by atoms with Gasteiger partial charge in [-0.05, 0) is 29.8 Å². The molecule has 1 N–H and O–H groups in total. The van der Waals surface area contributed by atoms with Crippen LogP contribution in [0.5, 0.6) is 5.75 Å². The largest absolute Gasteiger partial charge is 0.497 e. The van der Waals surface area contributed by atoms with E-state index in [0.717, 1.165) is 5.56 Å². The van der Waals surface area contributed by atoms with E-state index in [1.54, 1.807) is 25.3 Å². The van der Waals surface area contributed by atoms with Gasteiger partial charge in [0.15, 0.2) is 11.0 Å². The summed E-state index contributed by atoms with van der Waals surface area (Å²) in [6.45, 7) is 1.39. The van der Waals surface area contributed by atoms with Crippen LogP contribution in [0, 0.1) is 0 Å². The highest BCUT2D eigenvalue weighted by Gasteiger charge is 2.41. The molecule has 7 nitrogen and oxygen atoms in total. The maximum Gasteiger partial charge on any atom is 0.258 e. The van der Waals surface area contributed by atoms with Crippen molar-refractivity contribution in [3.8, 4) is 17.1 Å². The van der Waals surface area contributed by atoms with Crippen LogP contribution in [-0.4, -0.2) is 39.7 Å². The second-order valence-electron chi connectivity index (χ2n) is 6.45. The molecule has 0 fully saturated rings. The highest BCUT2D eigenvalue weighted by molar-refractivity contribution is 7.99. The normalized spacial score (nSPS) is 18.2. The number of fused-ring (bicyclic) bond motifs is 1. The van der Waals surface area contributed by atoms with E-state index in [2.05, 4.69) is 15.5 Å². The summed E-state index contributed by atoms with van der Waals surface area (Å²) in [5, 5.41) is 11.8. The zero-order valence-corrected chi connectivity index (χ0v) is 17.2. The predicted octanol–water partition coefficient (Wildman–Crippen LogP) is 3.60. The summed E-state index contributed by atoms with van der Waals surface area (Å²) in [6, 6.07) is 13.7. The molecule has 0 aliphatic carbocycles. The average molecular weight is 429 g/mol. The quantitative estimate of drug-likeness (QED) is 0.683. The van der Waals surface area contributed by atoms with Gasteiger partial charge in [-0.2, -0.15) is 0 Å². The number of nitrogens with zero attached hydrogens (tertiary/aromatic N) is 3. The fourth-order valence-corrected chi connectivity index (χ4v) is 4.65. The number of halogens is 1. The smallest absolute Gasteiger partial charge is 0.258 e. The van der Waals surface area contributed by atoms with Crippen molar-refractivity contribution < 1.29 is 14.3 Å².